The molecule has 0 aliphatic rings. The van der Waals surface area contributed by atoms with Crippen LogP contribution in [0.4, 0.5) is 10.1 Å². The summed E-state index contributed by atoms with van der Waals surface area (Å²) in [4.78, 5) is 9.78. The fourth-order valence-corrected chi connectivity index (χ4v) is 1.33. The van der Waals surface area contributed by atoms with Crippen LogP contribution in [0.2, 0.25) is 0 Å². The van der Waals surface area contributed by atoms with Gasteiger partial charge in [-0.15, -0.1) is 0 Å². The Hall–Kier alpha value is -1.91. The van der Waals surface area contributed by atoms with Gasteiger partial charge in [-0.05, 0) is 13.0 Å². The topological polar surface area (TPSA) is 56.3 Å². The van der Waals surface area contributed by atoms with Crippen molar-refractivity contribution in [3.8, 4) is 0 Å². The lowest BCUT2D eigenvalue weighted by Crippen LogP contribution is -1.88. The SMILES string of the molecule is Cc1cc2cc([N+](=O)[O-])cc(F)c2o1. The first-order valence-corrected chi connectivity index (χ1v) is 3.92. The monoisotopic (exact) mass is 195 g/mol. The van der Waals surface area contributed by atoms with Crippen molar-refractivity contribution in [2.45, 2.75) is 6.92 Å². The van der Waals surface area contributed by atoms with Crippen LogP contribution in [-0.4, -0.2) is 4.92 Å². The quantitative estimate of drug-likeness (QED) is 0.519. The third-order valence-corrected chi connectivity index (χ3v) is 1.89. The number of nitro benzene ring substituents is 1. The van der Waals surface area contributed by atoms with E-state index in [1.165, 1.54) is 6.07 Å². The first-order chi connectivity index (χ1) is 6.58. The molecule has 0 bridgehead atoms. The Morgan fingerprint density at radius 2 is 2.14 bits per heavy atom. The molecule has 2 aromatic rings. The van der Waals surface area contributed by atoms with Gasteiger partial charge in [0.15, 0.2) is 11.4 Å². The van der Waals surface area contributed by atoms with Crippen LogP contribution < -0.4 is 0 Å². The van der Waals surface area contributed by atoms with Gasteiger partial charge in [0, 0.05) is 11.5 Å². The maximum absolute atomic E-state index is 13.2. The van der Waals surface area contributed by atoms with E-state index in [0.717, 1.165) is 6.07 Å². The highest BCUT2D eigenvalue weighted by Gasteiger charge is 2.14. The number of nitrogens with zero attached hydrogens (tertiary/aromatic N) is 1. The summed E-state index contributed by atoms with van der Waals surface area (Å²) in [6.07, 6.45) is 0. The van der Waals surface area contributed by atoms with Crippen LogP contribution in [0.15, 0.2) is 22.6 Å². The average molecular weight is 195 g/mol. The Balaban J connectivity index is 2.77. The second-order valence-corrected chi connectivity index (χ2v) is 2.96. The normalized spacial score (nSPS) is 10.7. The summed E-state index contributed by atoms with van der Waals surface area (Å²) in [7, 11) is 0. The van der Waals surface area contributed by atoms with Gasteiger partial charge in [-0.2, -0.15) is 0 Å². The van der Waals surface area contributed by atoms with Crippen molar-refractivity contribution in [2.75, 3.05) is 0 Å². The first-order valence-electron chi connectivity index (χ1n) is 3.92. The van der Waals surface area contributed by atoms with Crippen molar-refractivity contribution < 1.29 is 13.7 Å². The van der Waals surface area contributed by atoms with Gasteiger partial charge >= 0.3 is 0 Å². The van der Waals surface area contributed by atoms with Crippen molar-refractivity contribution in [3.05, 3.63) is 39.9 Å². The van der Waals surface area contributed by atoms with E-state index in [4.69, 9.17) is 4.42 Å². The molecule has 1 aromatic heterocycles. The van der Waals surface area contributed by atoms with Crippen LogP contribution in [0.25, 0.3) is 11.0 Å². The number of fused-ring (bicyclic) bond motifs is 1. The summed E-state index contributed by atoms with van der Waals surface area (Å²) in [5.41, 5.74) is -0.205. The lowest BCUT2D eigenvalue weighted by Gasteiger charge is -1.92. The lowest BCUT2D eigenvalue weighted by molar-refractivity contribution is -0.384. The second-order valence-electron chi connectivity index (χ2n) is 2.96. The van der Waals surface area contributed by atoms with Gasteiger partial charge in [0.1, 0.15) is 5.76 Å². The molecule has 0 saturated carbocycles. The zero-order valence-corrected chi connectivity index (χ0v) is 7.28. The number of furan rings is 1. The molecule has 4 nitrogen and oxygen atoms in total. The van der Waals surface area contributed by atoms with Gasteiger partial charge < -0.3 is 4.42 Å². The minimum atomic E-state index is -0.706. The molecular formula is C9H6FNO3. The van der Waals surface area contributed by atoms with Crippen molar-refractivity contribution in [1.82, 2.24) is 0 Å². The molecule has 0 radical (unpaired) electrons. The molecule has 1 aromatic carbocycles. The summed E-state index contributed by atoms with van der Waals surface area (Å²) >= 11 is 0. The molecule has 14 heavy (non-hydrogen) atoms. The Morgan fingerprint density at radius 3 is 2.79 bits per heavy atom. The molecule has 0 N–H and O–H groups in total. The molecule has 1 heterocycles. The number of rotatable bonds is 1. The van der Waals surface area contributed by atoms with Crippen molar-refractivity contribution in [1.29, 1.82) is 0 Å². The Kier molecular flexibility index (Phi) is 1.73. The molecule has 0 atom stereocenters. The predicted molar refractivity (Wildman–Crippen MR) is 47.6 cm³/mol. The Bertz CT molecular complexity index is 518. The van der Waals surface area contributed by atoms with Crippen LogP contribution in [-0.2, 0) is 0 Å². The molecule has 0 amide bonds. The van der Waals surface area contributed by atoms with Crippen LogP contribution in [0.1, 0.15) is 5.76 Å². The van der Waals surface area contributed by atoms with E-state index in [9.17, 15) is 14.5 Å². The minimum absolute atomic E-state index is 0.0631. The average Bonchev–Trinajstić information content (AvgIpc) is 2.45. The number of non-ortho nitro benzene ring substituents is 1. The highest BCUT2D eigenvalue weighted by Crippen LogP contribution is 2.26. The van der Waals surface area contributed by atoms with E-state index in [2.05, 4.69) is 0 Å². The summed E-state index contributed by atoms with van der Waals surface area (Å²) in [5, 5.41) is 10.8. The zero-order chi connectivity index (χ0) is 10.3. The van der Waals surface area contributed by atoms with Gasteiger partial charge in [0.25, 0.3) is 5.69 Å². The van der Waals surface area contributed by atoms with E-state index in [1.54, 1.807) is 13.0 Å². The van der Waals surface area contributed by atoms with Crippen molar-refractivity contribution in [2.24, 2.45) is 0 Å². The maximum atomic E-state index is 13.2. The largest absolute Gasteiger partial charge is 0.458 e. The number of hydrogen-bond acceptors (Lipinski definition) is 3. The van der Waals surface area contributed by atoms with E-state index in [0.29, 0.717) is 11.1 Å². The van der Waals surface area contributed by atoms with Crippen molar-refractivity contribution >= 4 is 16.7 Å². The van der Waals surface area contributed by atoms with Crippen LogP contribution in [0, 0.1) is 22.9 Å². The molecular weight excluding hydrogens is 189 g/mol. The molecule has 0 spiro atoms. The van der Waals surface area contributed by atoms with Crippen LogP contribution >= 0.6 is 0 Å². The van der Waals surface area contributed by atoms with E-state index in [-0.39, 0.29) is 11.3 Å². The standard InChI is InChI=1S/C9H6FNO3/c1-5-2-6-3-7(11(12)13)4-8(10)9(6)14-5/h2-4H,1H3. The minimum Gasteiger partial charge on any atom is -0.458 e. The van der Waals surface area contributed by atoms with E-state index in [1.807, 2.05) is 0 Å². The van der Waals surface area contributed by atoms with E-state index >= 15 is 0 Å². The van der Waals surface area contributed by atoms with Gasteiger partial charge in [-0.25, -0.2) is 4.39 Å². The third-order valence-electron chi connectivity index (χ3n) is 1.89. The van der Waals surface area contributed by atoms with Crippen molar-refractivity contribution in [3.63, 3.8) is 0 Å². The molecule has 2 rings (SSSR count). The molecule has 72 valence electrons. The number of aryl methyl sites for hydroxylation is 1. The molecule has 0 aliphatic heterocycles. The van der Waals surface area contributed by atoms with Gasteiger partial charge in [0.05, 0.1) is 11.0 Å². The molecule has 5 heteroatoms. The third kappa shape index (κ3) is 1.22. The zero-order valence-electron chi connectivity index (χ0n) is 7.28. The smallest absolute Gasteiger partial charge is 0.273 e. The molecule has 0 saturated heterocycles. The molecule has 0 unspecified atom stereocenters. The van der Waals surface area contributed by atoms with Gasteiger partial charge in [-0.3, -0.25) is 10.1 Å². The van der Waals surface area contributed by atoms with E-state index < -0.39 is 10.7 Å². The first kappa shape index (κ1) is 8.68. The Labute approximate surface area is 78.1 Å². The fourth-order valence-electron chi connectivity index (χ4n) is 1.33. The fraction of sp³-hybridized carbons (Fsp3) is 0.111. The number of hydrogen-bond donors (Lipinski definition) is 0. The van der Waals surface area contributed by atoms with Gasteiger partial charge in [-0.1, -0.05) is 0 Å². The number of nitro groups is 1. The maximum Gasteiger partial charge on any atom is 0.273 e. The van der Waals surface area contributed by atoms with Crippen LogP contribution in [0.3, 0.4) is 0 Å². The Morgan fingerprint density at radius 1 is 1.43 bits per heavy atom. The summed E-state index contributed by atoms with van der Waals surface area (Å²) in [6, 6.07) is 3.70. The highest BCUT2D eigenvalue weighted by atomic mass is 19.1. The lowest BCUT2D eigenvalue weighted by atomic mass is 10.2. The molecule has 0 fully saturated rings. The summed E-state index contributed by atoms with van der Waals surface area (Å²) < 4.78 is 18.3. The van der Waals surface area contributed by atoms with Gasteiger partial charge in [0.2, 0.25) is 0 Å². The second kappa shape index (κ2) is 2.80. The molecule has 0 aliphatic carbocycles. The number of benzene rings is 1. The number of halogens is 1. The highest BCUT2D eigenvalue weighted by molar-refractivity contribution is 5.81. The van der Waals surface area contributed by atoms with Crippen LogP contribution in [0.5, 0.6) is 0 Å². The summed E-state index contributed by atoms with van der Waals surface area (Å²) in [6.45, 7) is 1.66. The predicted octanol–water partition coefficient (Wildman–Crippen LogP) is 2.79. The summed E-state index contributed by atoms with van der Waals surface area (Å²) in [5.74, 6) is -0.179.